The van der Waals surface area contributed by atoms with Gasteiger partial charge in [-0.25, -0.2) is 8.42 Å². The Morgan fingerprint density at radius 3 is 1.68 bits per heavy atom. The molecule has 13 nitrogen and oxygen atoms in total. The second-order valence-corrected chi connectivity index (χ2v) is 19.0. The number of rotatable bonds is 20. The summed E-state index contributed by atoms with van der Waals surface area (Å²) < 4.78 is 41.5. The molecule has 0 aromatic heterocycles. The number of esters is 3. The highest BCUT2D eigenvalue weighted by molar-refractivity contribution is 7.94. The van der Waals surface area contributed by atoms with Gasteiger partial charge in [0.15, 0.2) is 15.6 Å². The number of benzene rings is 2. The van der Waals surface area contributed by atoms with Gasteiger partial charge in [0.2, 0.25) is 11.8 Å². The molecule has 57 heavy (non-hydrogen) atoms. The zero-order chi connectivity index (χ0) is 43.1. The first kappa shape index (κ1) is 48.3. The van der Waals surface area contributed by atoms with E-state index in [1.807, 2.05) is 6.07 Å². The fourth-order valence-electron chi connectivity index (χ4n) is 5.44. The van der Waals surface area contributed by atoms with E-state index in [0.717, 1.165) is 11.0 Å². The van der Waals surface area contributed by atoms with E-state index in [1.54, 1.807) is 110 Å². The summed E-state index contributed by atoms with van der Waals surface area (Å²) in [4.78, 5) is 80.8. The van der Waals surface area contributed by atoms with E-state index < -0.39 is 104 Å². The Morgan fingerprint density at radius 1 is 0.667 bits per heavy atom. The summed E-state index contributed by atoms with van der Waals surface area (Å²) in [6.45, 7) is 16.5. The molecule has 0 radical (unpaired) electrons. The van der Waals surface area contributed by atoms with E-state index in [0.29, 0.717) is 5.56 Å². The molecular weight excluding hydrogens is 753 g/mol. The van der Waals surface area contributed by atoms with Crippen LogP contribution in [0.2, 0.25) is 0 Å². The lowest BCUT2D eigenvalue weighted by molar-refractivity contribution is -0.159. The van der Waals surface area contributed by atoms with Gasteiger partial charge in [0.1, 0.15) is 23.9 Å². The minimum absolute atomic E-state index is 0.0494. The second-order valence-electron chi connectivity index (χ2n) is 16.6. The molecule has 0 aliphatic carbocycles. The molecule has 2 rings (SSSR count). The molecular formula is C43H60N2O11S. The molecule has 2 N–H and O–H groups in total. The van der Waals surface area contributed by atoms with Gasteiger partial charge in [-0.1, -0.05) is 80.6 Å². The normalized spacial score (nSPS) is 14.3. The number of carbonyl (C=O) groups is 6. The molecule has 0 aliphatic rings. The molecule has 0 heterocycles. The zero-order valence-corrected chi connectivity index (χ0v) is 35.6. The highest BCUT2D eigenvalue weighted by atomic mass is 32.2. The van der Waals surface area contributed by atoms with Crippen LogP contribution in [-0.4, -0.2) is 66.4 Å². The van der Waals surface area contributed by atoms with Gasteiger partial charge in [0, 0.05) is 17.7 Å². The average molecular weight is 813 g/mol. The number of amides is 2. The van der Waals surface area contributed by atoms with Gasteiger partial charge >= 0.3 is 17.9 Å². The number of hydrogen-bond donors (Lipinski definition) is 2. The Kier molecular flexibility index (Phi) is 18.3. The van der Waals surface area contributed by atoms with Crippen molar-refractivity contribution < 1.29 is 51.4 Å². The third kappa shape index (κ3) is 18.3. The van der Waals surface area contributed by atoms with Gasteiger partial charge in [-0.15, -0.1) is 0 Å². The van der Waals surface area contributed by atoms with Crippen molar-refractivity contribution in [3.63, 3.8) is 0 Å². The number of sulfone groups is 1. The molecule has 0 bridgehead atoms. The SMILES string of the molecule is CC(C)[C@H](CC(=O)[C@@H](NC(=O)[C@@H](CC(=O)OCc1ccccc1)CC(=O)OC(C)(C)C)c1ccccc1)C(=O)N[C@H](/C=C/S(=O)(=O)C(C)C)CC(=O)OC(C)(C)C. The fourth-order valence-corrected chi connectivity index (χ4v) is 6.17. The standard InChI is InChI=1S/C43H60N2O11S/c1-28(2)34(41(51)44-33(21-22-57(52,53)29(3)4)25-38(49)56-43(8,9)10)26-35(46)39(31-19-15-12-16-20-31)45-40(50)32(24-37(48)55-42(5,6)7)23-36(47)54-27-30-17-13-11-14-18-30/h11-22,28-29,32-34,39H,23-27H2,1-10H3,(H,44,51)(H,45,50)/b22-21+/t32-,33+,34-,39-/m0/s1. The average Bonchev–Trinajstić information content (AvgIpc) is 3.09. The highest BCUT2D eigenvalue weighted by Crippen LogP contribution is 2.25. The summed E-state index contributed by atoms with van der Waals surface area (Å²) >= 11 is 0. The molecule has 0 saturated heterocycles. The summed E-state index contributed by atoms with van der Waals surface area (Å²) in [5, 5.41) is 5.65. The molecule has 0 fully saturated rings. The van der Waals surface area contributed by atoms with Crippen molar-refractivity contribution in [3.05, 3.63) is 83.3 Å². The van der Waals surface area contributed by atoms with Gasteiger partial charge in [0.05, 0.1) is 36.5 Å². The van der Waals surface area contributed by atoms with Crippen LogP contribution in [0, 0.1) is 17.8 Å². The number of Topliss-reactive ketones (excluding diaryl/α,β-unsaturated/α-hetero) is 1. The van der Waals surface area contributed by atoms with Crippen LogP contribution >= 0.6 is 0 Å². The van der Waals surface area contributed by atoms with Crippen molar-refractivity contribution in [1.82, 2.24) is 10.6 Å². The van der Waals surface area contributed by atoms with Gasteiger partial charge in [-0.3, -0.25) is 28.8 Å². The summed E-state index contributed by atoms with van der Waals surface area (Å²) in [5.74, 6) is -6.77. The largest absolute Gasteiger partial charge is 0.461 e. The Labute approximate surface area is 337 Å². The highest BCUT2D eigenvalue weighted by Gasteiger charge is 2.35. The minimum atomic E-state index is -3.69. The van der Waals surface area contributed by atoms with Crippen LogP contribution in [0.25, 0.3) is 0 Å². The van der Waals surface area contributed by atoms with Gasteiger partial charge < -0.3 is 24.8 Å². The van der Waals surface area contributed by atoms with Crippen molar-refractivity contribution in [2.24, 2.45) is 17.8 Å². The Hall–Kier alpha value is -4.85. The van der Waals surface area contributed by atoms with E-state index in [1.165, 1.54) is 19.9 Å². The minimum Gasteiger partial charge on any atom is -0.461 e. The van der Waals surface area contributed by atoms with E-state index in [2.05, 4.69) is 10.6 Å². The molecule has 0 saturated carbocycles. The molecule has 0 aliphatic heterocycles. The second kappa shape index (κ2) is 21.6. The molecule has 2 amide bonds. The van der Waals surface area contributed by atoms with Crippen LogP contribution in [0.15, 0.2) is 72.1 Å². The van der Waals surface area contributed by atoms with Crippen molar-refractivity contribution in [3.8, 4) is 0 Å². The van der Waals surface area contributed by atoms with E-state index in [9.17, 15) is 37.2 Å². The monoisotopic (exact) mass is 812 g/mol. The summed E-state index contributed by atoms with van der Waals surface area (Å²) in [5.41, 5.74) is -0.584. The molecule has 2 aromatic carbocycles. The molecule has 314 valence electrons. The van der Waals surface area contributed by atoms with Crippen molar-refractivity contribution in [2.45, 2.75) is 130 Å². The summed E-state index contributed by atoms with van der Waals surface area (Å²) in [6, 6.07) is 14.9. The third-order valence-electron chi connectivity index (χ3n) is 8.46. The number of hydrogen-bond acceptors (Lipinski definition) is 11. The number of ketones is 1. The lowest BCUT2D eigenvalue weighted by atomic mass is 9.86. The quantitative estimate of drug-likeness (QED) is 0.116. The first-order chi connectivity index (χ1) is 26.4. The lowest BCUT2D eigenvalue weighted by Crippen LogP contribution is -2.44. The van der Waals surface area contributed by atoms with Gasteiger partial charge in [0.25, 0.3) is 0 Å². The van der Waals surface area contributed by atoms with E-state index in [-0.39, 0.29) is 19.4 Å². The third-order valence-corrected chi connectivity index (χ3v) is 10.3. The maximum absolute atomic E-state index is 14.2. The van der Waals surface area contributed by atoms with Crippen LogP contribution in [-0.2, 0) is 59.4 Å². The first-order valence-corrected chi connectivity index (χ1v) is 20.7. The first-order valence-electron chi connectivity index (χ1n) is 19.1. The number of nitrogens with one attached hydrogen (secondary N) is 2. The van der Waals surface area contributed by atoms with E-state index >= 15 is 0 Å². The Balaban J connectivity index is 2.40. The smallest absolute Gasteiger partial charge is 0.308 e. The van der Waals surface area contributed by atoms with Crippen LogP contribution in [0.1, 0.15) is 112 Å². The van der Waals surface area contributed by atoms with Gasteiger partial charge in [-0.05, 0) is 72.4 Å². The maximum atomic E-state index is 14.2. The number of ether oxygens (including phenoxy) is 3. The summed E-state index contributed by atoms with van der Waals surface area (Å²) in [7, 11) is -3.69. The van der Waals surface area contributed by atoms with E-state index in [4.69, 9.17) is 14.2 Å². The predicted molar refractivity (Wildman–Crippen MR) is 216 cm³/mol. The van der Waals surface area contributed by atoms with Gasteiger partial charge in [-0.2, -0.15) is 0 Å². The van der Waals surface area contributed by atoms with Crippen molar-refractivity contribution >= 4 is 45.3 Å². The predicted octanol–water partition coefficient (Wildman–Crippen LogP) is 6.11. The fraction of sp³-hybridized carbons (Fsp3) is 0.535. The molecule has 4 atom stereocenters. The zero-order valence-electron chi connectivity index (χ0n) is 34.8. The Morgan fingerprint density at radius 2 is 1.18 bits per heavy atom. The number of carbonyl (C=O) groups excluding carboxylic acids is 6. The molecule has 0 spiro atoms. The van der Waals surface area contributed by atoms with Crippen LogP contribution in [0.3, 0.4) is 0 Å². The maximum Gasteiger partial charge on any atom is 0.308 e. The summed E-state index contributed by atoms with van der Waals surface area (Å²) in [6.07, 6.45) is -0.480. The van der Waals surface area contributed by atoms with Crippen LogP contribution < -0.4 is 10.6 Å². The lowest BCUT2D eigenvalue weighted by Gasteiger charge is -2.27. The van der Waals surface area contributed by atoms with Crippen LogP contribution in [0.5, 0.6) is 0 Å². The van der Waals surface area contributed by atoms with Crippen molar-refractivity contribution in [2.75, 3.05) is 0 Å². The molecule has 2 aromatic rings. The Bertz CT molecular complexity index is 1810. The van der Waals surface area contributed by atoms with Crippen LogP contribution in [0.4, 0.5) is 0 Å². The molecule has 14 heteroatoms. The molecule has 0 unspecified atom stereocenters. The topological polar surface area (TPSA) is 188 Å². The van der Waals surface area contributed by atoms with Crippen molar-refractivity contribution in [1.29, 1.82) is 0 Å².